The van der Waals surface area contributed by atoms with E-state index in [1.54, 1.807) is 0 Å². The van der Waals surface area contributed by atoms with Gasteiger partial charge in [0.05, 0.1) is 12.5 Å². The maximum Gasteiger partial charge on any atom is 0.313 e. The van der Waals surface area contributed by atoms with Gasteiger partial charge in [0.25, 0.3) is 0 Å². The quantitative estimate of drug-likeness (QED) is 0.653. The third-order valence-electron chi connectivity index (χ3n) is 3.18. The minimum atomic E-state index is -0.196. The molecule has 0 aromatic rings. The van der Waals surface area contributed by atoms with Gasteiger partial charge in [0.2, 0.25) is 0 Å². The first-order valence-corrected chi connectivity index (χ1v) is 5.77. The Hall–Kier alpha value is -0.570. The summed E-state index contributed by atoms with van der Waals surface area (Å²) < 4.78 is 4.90. The van der Waals surface area contributed by atoms with Crippen LogP contribution in [0.3, 0.4) is 0 Å². The zero-order valence-electron chi connectivity index (χ0n) is 10.4. The monoisotopic (exact) mass is 213 g/mol. The molecule has 0 aromatic heterocycles. The van der Waals surface area contributed by atoms with Crippen molar-refractivity contribution in [2.45, 2.75) is 33.1 Å². The molecule has 3 nitrogen and oxygen atoms in total. The summed E-state index contributed by atoms with van der Waals surface area (Å²) in [6.07, 6.45) is 3.13. The first-order valence-electron chi connectivity index (χ1n) is 5.77. The Balaban J connectivity index is 2.49. The lowest BCUT2D eigenvalue weighted by Crippen LogP contribution is -2.48. The van der Waals surface area contributed by atoms with Crippen LogP contribution in [0.1, 0.15) is 33.1 Å². The Bertz CT molecular complexity index is 222. The second-order valence-corrected chi connectivity index (χ2v) is 5.22. The maximum absolute atomic E-state index is 11.7. The normalized spacial score (nSPS) is 19.1. The fourth-order valence-corrected chi connectivity index (χ4v) is 2.45. The highest BCUT2D eigenvalue weighted by atomic mass is 16.5. The Kier molecular flexibility index (Phi) is 4.14. The summed E-state index contributed by atoms with van der Waals surface area (Å²) >= 11 is 0. The molecule has 0 saturated heterocycles. The van der Waals surface area contributed by atoms with Crippen LogP contribution in [0.25, 0.3) is 0 Å². The largest absolute Gasteiger partial charge is 0.469 e. The van der Waals surface area contributed by atoms with E-state index in [4.69, 9.17) is 4.74 Å². The fourth-order valence-electron chi connectivity index (χ4n) is 2.45. The number of esters is 1. The predicted molar refractivity (Wildman–Crippen MR) is 60.6 cm³/mol. The van der Waals surface area contributed by atoms with E-state index in [0.29, 0.717) is 5.92 Å². The van der Waals surface area contributed by atoms with Crippen molar-refractivity contribution in [3.05, 3.63) is 0 Å². The van der Waals surface area contributed by atoms with Gasteiger partial charge < -0.3 is 9.64 Å². The molecule has 0 heterocycles. The van der Waals surface area contributed by atoms with Crippen molar-refractivity contribution in [1.82, 2.24) is 4.90 Å². The fraction of sp³-hybridized carbons (Fsp3) is 0.917. The molecule has 0 unspecified atom stereocenters. The van der Waals surface area contributed by atoms with E-state index in [2.05, 4.69) is 25.8 Å². The average molecular weight is 213 g/mol. The summed E-state index contributed by atoms with van der Waals surface area (Å²) in [6, 6.07) is 0. The van der Waals surface area contributed by atoms with Crippen LogP contribution < -0.4 is 0 Å². The van der Waals surface area contributed by atoms with Gasteiger partial charge in [-0.15, -0.1) is 0 Å². The first-order chi connectivity index (χ1) is 7.00. The Labute approximate surface area is 92.8 Å². The molecule has 0 amide bonds. The molecular formula is C12H23NO2. The first kappa shape index (κ1) is 12.5. The highest BCUT2D eigenvalue weighted by molar-refractivity contribution is 5.78. The van der Waals surface area contributed by atoms with Gasteiger partial charge in [-0.1, -0.05) is 20.3 Å². The van der Waals surface area contributed by atoms with E-state index in [-0.39, 0.29) is 11.4 Å². The average Bonchev–Trinajstić information content (AvgIpc) is 2.09. The molecular weight excluding hydrogens is 190 g/mol. The molecule has 1 aliphatic rings. The molecule has 88 valence electrons. The van der Waals surface area contributed by atoms with E-state index in [1.165, 1.54) is 7.11 Å². The zero-order valence-corrected chi connectivity index (χ0v) is 10.4. The number of carbonyl (C=O) groups is 1. The number of rotatable bonds is 5. The minimum absolute atomic E-state index is 0.0237. The Morgan fingerprint density at radius 2 is 2.07 bits per heavy atom. The van der Waals surface area contributed by atoms with E-state index >= 15 is 0 Å². The molecule has 15 heavy (non-hydrogen) atoms. The lowest BCUT2D eigenvalue weighted by Gasteiger charge is -2.41. The standard InChI is InChI=1S/C12H23NO2/c1-10(2)8-13(3)9-12(6-5-7-12)11(14)15-4/h10H,5-9H2,1-4H3. The molecule has 1 aliphatic carbocycles. The maximum atomic E-state index is 11.7. The van der Waals surface area contributed by atoms with Gasteiger partial charge in [0.15, 0.2) is 0 Å². The lowest BCUT2D eigenvalue weighted by molar-refractivity contribution is -0.160. The van der Waals surface area contributed by atoms with E-state index in [9.17, 15) is 4.79 Å². The Morgan fingerprint density at radius 1 is 1.47 bits per heavy atom. The van der Waals surface area contributed by atoms with Crippen molar-refractivity contribution in [1.29, 1.82) is 0 Å². The van der Waals surface area contributed by atoms with Gasteiger partial charge in [0.1, 0.15) is 0 Å². The summed E-state index contributed by atoms with van der Waals surface area (Å²) in [7, 11) is 3.58. The van der Waals surface area contributed by atoms with Crippen LogP contribution in [-0.4, -0.2) is 38.1 Å². The highest BCUT2D eigenvalue weighted by Crippen LogP contribution is 2.42. The second kappa shape index (κ2) is 4.97. The Morgan fingerprint density at radius 3 is 2.40 bits per heavy atom. The second-order valence-electron chi connectivity index (χ2n) is 5.22. The van der Waals surface area contributed by atoms with Crippen LogP contribution in [-0.2, 0) is 9.53 Å². The number of hydrogen-bond donors (Lipinski definition) is 0. The summed E-state index contributed by atoms with van der Waals surface area (Å²) in [5.41, 5.74) is -0.196. The van der Waals surface area contributed by atoms with Gasteiger partial charge in [0, 0.05) is 13.1 Å². The number of ether oxygens (including phenoxy) is 1. The topological polar surface area (TPSA) is 29.5 Å². The van der Waals surface area contributed by atoms with Crippen LogP contribution in [0.2, 0.25) is 0 Å². The van der Waals surface area contributed by atoms with E-state index < -0.39 is 0 Å². The van der Waals surface area contributed by atoms with E-state index in [0.717, 1.165) is 32.4 Å². The molecule has 0 aliphatic heterocycles. The molecule has 1 saturated carbocycles. The van der Waals surface area contributed by atoms with Crippen molar-refractivity contribution < 1.29 is 9.53 Å². The number of nitrogens with zero attached hydrogens (tertiary/aromatic N) is 1. The number of carbonyl (C=O) groups excluding carboxylic acids is 1. The van der Waals surface area contributed by atoms with Crippen LogP contribution in [0.4, 0.5) is 0 Å². The van der Waals surface area contributed by atoms with Crippen LogP contribution in [0, 0.1) is 11.3 Å². The molecule has 0 atom stereocenters. The minimum Gasteiger partial charge on any atom is -0.469 e. The highest BCUT2D eigenvalue weighted by Gasteiger charge is 2.45. The van der Waals surface area contributed by atoms with Gasteiger partial charge in [-0.3, -0.25) is 4.79 Å². The molecule has 0 spiro atoms. The van der Waals surface area contributed by atoms with Gasteiger partial charge in [-0.25, -0.2) is 0 Å². The molecule has 0 bridgehead atoms. The summed E-state index contributed by atoms with van der Waals surface area (Å²) in [6.45, 7) is 6.28. The smallest absolute Gasteiger partial charge is 0.313 e. The number of hydrogen-bond acceptors (Lipinski definition) is 3. The van der Waals surface area contributed by atoms with Crippen molar-refractivity contribution in [2.24, 2.45) is 11.3 Å². The van der Waals surface area contributed by atoms with Crippen LogP contribution in [0.15, 0.2) is 0 Å². The van der Waals surface area contributed by atoms with Crippen molar-refractivity contribution >= 4 is 5.97 Å². The van der Waals surface area contributed by atoms with Crippen LogP contribution >= 0.6 is 0 Å². The molecule has 1 rings (SSSR count). The van der Waals surface area contributed by atoms with E-state index in [1.807, 2.05) is 0 Å². The molecule has 0 aromatic carbocycles. The van der Waals surface area contributed by atoms with Crippen LogP contribution in [0.5, 0.6) is 0 Å². The summed E-state index contributed by atoms with van der Waals surface area (Å²) in [5, 5.41) is 0. The van der Waals surface area contributed by atoms with Crippen molar-refractivity contribution in [3.8, 4) is 0 Å². The predicted octanol–water partition coefficient (Wildman–Crippen LogP) is 1.92. The molecule has 1 fully saturated rings. The van der Waals surface area contributed by atoms with Crippen molar-refractivity contribution in [3.63, 3.8) is 0 Å². The third kappa shape index (κ3) is 2.94. The summed E-state index contributed by atoms with van der Waals surface area (Å²) in [5.74, 6) is 0.620. The SMILES string of the molecule is COC(=O)C1(CN(C)CC(C)C)CCC1. The molecule has 0 N–H and O–H groups in total. The van der Waals surface area contributed by atoms with Gasteiger partial charge >= 0.3 is 5.97 Å². The summed E-state index contributed by atoms with van der Waals surface area (Å²) in [4.78, 5) is 13.9. The molecule has 0 radical (unpaired) electrons. The number of methoxy groups -OCH3 is 1. The van der Waals surface area contributed by atoms with Crippen molar-refractivity contribution in [2.75, 3.05) is 27.2 Å². The van der Waals surface area contributed by atoms with Gasteiger partial charge in [-0.2, -0.15) is 0 Å². The van der Waals surface area contributed by atoms with Gasteiger partial charge in [-0.05, 0) is 25.8 Å². The lowest BCUT2D eigenvalue weighted by atomic mass is 9.68. The third-order valence-corrected chi connectivity index (χ3v) is 3.18. The zero-order chi connectivity index (χ0) is 11.5. The molecule has 3 heteroatoms.